The van der Waals surface area contributed by atoms with Crippen molar-refractivity contribution in [1.82, 2.24) is 5.32 Å². The summed E-state index contributed by atoms with van der Waals surface area (Å²) in [5.74, 6) is 0. The molecule has 0 bridgehead atoms. The van der Waals surface area contributed by atoms with Crippen LogP contribution in [0.15, 0.2) is 17.5 Å². The van der Waals surface area contributed by atoms with Gasteiger partial charge >= 0.3 is 6.18 Å². The predicted octanol–water partition coefficient (Wildman–Crippen LogP) is 3.35. The topological polar surface area (TPSA) is 12.0 Å². The number of hydrogen-bond acceptors (Lipinski definition) is 2. The molecule has 1 heterocycles. The lowest BCUT2D eigenvalue weighted by atomic mass is 10.1. The fraction of sp³-hybridized carbons (Fsp3) is 0.556. The molecule has 1 aromatic heterocycles. The molecule has 80 valence electrons. The average Bonchev–Trinajstić information content (AvgIpc) is 2.52. The molecule has 1 nitrogen and oxygen atoms in total. The fourth-order valence-electron chi connectivity index (χ4n) is 1.24. The van der Waals surface area contributed by atoms with E-state index in [1.54, 1.807) is 24.4 Å². The minimum atomic E-state index is -4.11. The number of halogens is 3. The Morgan fingerprint density at radius 3 is 2.64 bits per heavy atom. The highest BCUT2D eigenvalue weighted by Crippen LogP contribution is 2.31. The van der Waals surface area contributed by atoms with Crippen molar-refractivity contribution in [1.29, 1.82) is 0 Å². The first-order valence-electron chi connectivity index (χ1n) is 4.36. The number of rotatable bonds is 4. The van der Waals surface area contributed by atoms with Gasteiger partial charge in [0.25, 0.3) is 0 Å². The van der Waals surface area contributed by atoms with Gasteiger partial charge in [0.2, 0.25) is 0 Å². The molecule has 1 unspecified atom stereocenters. The lowest BCUT2D eigenvalue weighted by molar-refractivity contribution is -0.140. The summed E-state index contributed by atoms with van der Waals surface area (Å²) in [5, 5.41) is 4.62. The smallest absolute Gasteiger partial charge is 0.309 e. The number of hydrogen-bond donors (Lipinski definition) is 1. The zero-order valence-corrected chi connectivity index (χ0v) is 8.58. The lowest BCUT2D eigenvalue weighted by Crippen LogP contribution is -2.25. The number of alkyl halides is 3. The molecular weight excluding hydrogens is 211 g/mol. The lowest BCUT2D eigenvalue weighted by Gasteiger charge is -2.17. The molecule has 5 heteroatoms. The predicted molar refractivity (Wildman–Crippen MR) is 51.4 cm³/mol. The van der Waals surface area contributed by atoms with Crippen LogP contribution >= 0.6 is 11.3 Å². The van der Waals surface area contributed by atoms with E-state index < -0.39 is 18.6 Å². The van der Waals surface area contributed by atoms with Crippen molar-refractivity contribution in [2.24, 2.45) is 0 Å². The first kappa shape index (κ1) is 11.5. The van der Waals surface area contributed by atoms with Crippen LogP contribution < -0.4 is 5.32 Å². The van der Waals surface area contributed by atoms with Crippen LogP contribution in [0, 0.1) is 0 Å². The van der Waals surface area contributed by atoms with E-state index in [9.17, 15) is 13.2 Å². The molecule has 0 spiro atoms. The summed E-state index contributed by atoms with van der Waals surface area (Å²) in [7, 11) is 0. The maximum Gasteiger partial charge on any atom is 0.390 e. The Labute approximate surface area is 84.9 Å². The van der Waals surface area contributed by atoms with Crippen molar-refractivity contribution in [2.75, 3.05) is 6.54 Å². The van der Waals surface area contributed by atoms with Gasteiger partial charge in [-0.15, -0.1) is 11.3 Å². The quantitative estimate of drug-likeness (QED) is 0.825. The molecular formula is C9H12F3NS. The van der Waals surface area contributed by atoms with Gasteiger partial charge in [-0.25, -0.2) is 0 Å². The maximum absolute atomic E-state index is 12.2. The first-order valence-corrected chi connectivity index (χ1v) is 5.24. The van der Waals surface area contributed by atoms with Gasteiger partial charge in [-0.2, -0.15) is 13.2 Å². The summed E-state index contributed by atoms with van der Waals surface area (Å²) in [5.41, 5.74) is 0. The van der Waals surface area contributed by atoms with Crippen LogP contribution in [0.25, 0.3) is 0 Å². The minimum absolute atomic E-state index is 0.540. The summed E-state index contributed by atoms with van der Waals surface area (Å²) in [6.45, 7) is 2.34. The van der Waals surface area contributed by atoms with E-state index in [1.165, 1.54) is 11.3 Å². The molecule has 1 N–H and O–H groups in total. The van der Waals surface area contributed by atoms with E-state index in [1.807, 2.05) is 0 Å². The molecule has 0 amide bonds. The first-order chi connectivity index (χ1) is 6.53. The monoisotopic (exact) mass is 223 g/mol. The van der Waals surface area contributed by atoms with Gasteiger partial charge in [0.15, 0.2) is 0 Å². The third-order valence-corrected chi connectivity index (χ3v) is 2.76. The van der Waals surface area contributed by atoms with Crippen LogP contribution in [-0.4, -0.2) is 12.7 Å². The number of nitrogens with one attached hydrogen (secondary N) is 1. The van der Waals surface area contributed by atoms with Gasteiger partial charge in [-0.05, 0) is 18.0 Å². The van der Waals surface area contributed by atoms with E-state index >= 15 is 0 Å². The van der Waals surface area contributed by atoms with Gasteiger partial charge in [0.05, 0.1) is 12.5 Å². The second-order valence-electron chi connectivity index (χ2n) is 2.94. The Bertz CT molecular complexity index is 256. The average molecular weight is 223 g/mol. The van der Waals surface area contributed by atoms with E-state index in [0.29, 0.717) is 6.54 Å². The SMILES string of the molecule is CCNC(CC(F)(F)F)c1cccs1. The van der Waals surface area contributed by atoms with Gasteiger partial charge in [-0.3, -0.25) is 0 Å². The summed E-state index contributed by atoms with van der Waals surface area (Å²) < 4.78 is 36.6. The Hall–Kier alpha value is -0.550. The highest BCUT2D eigenvalue weighted by Gasteiger charge is 2.32. The van der Waals surface area contributed by atoms with Crippen molar-refractivity contribution in [2.45, 2.75) is 25.6 Å². The fourth-order valence-corrected chi connectivity index (χ4v) is 2.04. The Kier molecular flexibility index (Phi) is 3.95. The molecule has 1 aromatic rings. The highest BCUT2D eigenvalue weighted by molar-refractivity contribution is 7.10. The zero-order chi connectivity index (χ0) is 10.6. The van der Waals surface area contributed by atoms with E-state index in [0.717, 1.165) is 4.88 Å². The second kappa shape index (κ2) is 4.79. The molecule has 1 rings (SSSR count). The molecule has 14 heavy (non-hydrogen) atoms. The minimum Gasteiger partial charge on any atom is -0.309 e. The van der Waals surface area contributed by atoms with Gasteiger partial charge in [0, 0.05) is 4.88 Å². The third-order valence-electron chi connectivity index (χ3n) is 1.77. The summed E-state index contributed by atoms with van der Waals surface area (Å²) in [4.78, 5) is 0.740. The zero-order valence-electron chi connectivity index (χ0n) is 7.77. The Morgan fingerprint density at radius 2 is 2.21 bits per heavy atom. The van der Waals surface area contributed by atoms with E-state index in [-0.39, 0.29) is 0 Å². The van der Waals surface area contributed by atoms with Crippen LogP contribution in [0.1, 0.15) is 24.3 Å². The molecule has 0 aliphatic carbocycles. The van der Waals surface area contributed by atoms with Gasteiger partial charge in [0.1, 0.15) is 0 Å². The largest absolute Gasteiger partial charge is 0.390 e. The molecule has 0 aliphatic rings. The second-order valence-corrected chi connectivity index (χ2v) is 3.92. The summed E-state index contributed by atoms with van der Waals surface area (Å²) in [6.07, 6.45) is -4.92. The van der Waals surface area contributed by atoms with Crippen molar-refractivity contribution in [3.63, 3.8) is 0 Å². The van der Waals surface area contributed by atoms with Gasteiger partial charge < -0.3 is 5.32 Å². The van der Waals surface area contributed by atoms with Gasteiger partial charge in [-0.1, -0.05) is 13.0 Å². The standard InChI is InChI=1S/C9H12F3NS/c1-2-13-7(6-9(10,11)12)8-4-3-5-14-8/h3-5,7,13H,2,6H2,1H3. The maximum atomic E-state index is 12.2. The van der Waals surface area contributed by atoms with Crippen LogP contribution in [0.4, 0.5) is 13.2 Å². The molecule has 0 aliphatic heterocycles. The van der Waals surface area contributed by atoms with Crippen LogP contribution in [-0.2, 0) is 0 Å². The molecule has 0 saturated carbocycles. The highest BCUT2D eigenvalue weighted by atomic mass is 32.1. The molecule has 0 aromatic carbocycles. The molecule has 1 atom stereocenters. The molecule has 0 radical (unpaired) electrons. The van der Waals surface area contributed by atoms with Crippen molar-refractivity contribution >= 4 is 11.3 Å². The van der Waals surface area contributed by atoms with Crippen molar-refractivity contribution in [3.8, 4) is 0 Å². The van der Waals surface area contributed by atoms with Crippen LogP contribution in [0.5, 0.6) is 0 Å². The molecule has 0 fully saturated rings. The Morgan fingerprint density at radius 1 is 1.50 bits per heavy atom. The normalized spacial score (nSPS) is 14.3. The van der Waals surface area contributed by atoms with Crippen molar-refractivity contribution in [3.05, 3.63) is 22.4 Å². The summed E-state index contributed by atoms with van der Waals surface area (Å²) >= 11 is 1.35. The van der Waals surface area contributed by atoms with Crippen LogP contribution in [0.3, 0.4) is 0 Å². The number of thiophene rings is 1. The van der Waals surface area contributed by atoms with E-state index in [2.05, 4.69) is 5.32 Å². The molecule has 0 saturated heterocycles. The van der Waals surface area contributed by atoms with E-state index in [4.69, 9.17) is 0 Å². The third kappa shape index (κ3) is 3.67. The summed E-state index contributed by atoms with van der Waals surface area (Å²) in [6, 6.07) is 2.89. The van der Waals surface area contributed by atoms with Crippen molar-refractivity contribution < 1.29 is 13.2 Å². The Balaban J connectivity index is 2.65. The van der Waals surface area contributed by atoms with Crippen LogP contribution in [0.2, 0.25) is 0 Å².